The van der Waals surface area contributed by atoms with Gasteiger partial charge in [-0.3, -0.25) is 9.59 Å². The first-order valence-electron chi connectivity index (χ1n) is 9.53. The van der Waals surface area contributed by atoms with Crippen LogP contribution in [0.4, 0.5) is 0 Å². The molecule has 0 spiro atoms. The summed E-state index contributed by atoms with van der Waals surface area (Å²) in [4.78, 5) is 26.1. The van der Waals surface area contributed by atoms with Crippen molar-refractivity contribution in [3.05, 3.63) is 24.2 Å². The number of furan rings is 1. The molecule has 0 amide bonds. The van der Waals surface area contributed by atoms with Crippen molar-refractivity contribution < 1.29 is 18.7 Å². The lowest BCUT2D eigenvalue weighted by Crippen LogP contribution is -2.61. The van der Waals surface area contributed by atoms with Crippen LogP contribution in [-0.4, -0.2) is 11.8 Å². The minimum absolute atomic E-state index is 0.0204. The molecule has 2 aliphatic carbocycles. The molecule has 0 aromatic carbocycles. The number of hydrogen-bond donors (Lipinski definition) is 0. The molecular formula is C21H28O4. The van der Waals surface area contributed by atoms with Crippen LogP contribution < -0.4 is 0 Å². The maximum atomic E-state index is 13.3. The van der Waals surface area contributed by atoms with Gasteiger partial charge in [0.15, 0.2) is 0 Å². The van der Waals surface area contributed by atoms with Gasteiger partial charge < -0.3 is 9.15 Å². The number of ketones is 1. The second-order valence-electron chi connectivity index (χ2n) is 9.16. The Hall–Kier alpha value is -1.58. The van der Waals surface area contributed by atoms with Gasteiger partial charge in [0.1, 0.15) is 11.9 Å². The van der Waals surface area contributed by atoms with E-state index in [0.29, 0.717) is 18.1 Å². The smallest absolute Gasteiger partial charge is 0.310 e. The highest BCUT2D eigenvalue weighted by Gasteiger charge is 2.64. The number of fused-ring (bicyclic) bond motifs is 3. The Morgan fingerprint density at radius 1 is 1.16 bits per heavy atom. The van der Waals surface area contributed by atoms with E-state index in [1.807, 2.05) is 6.07 Å². The highest BCUT2D eigenvalue weighted by Crippen LogP contribution is 2.65. The molecule has 1 unspecified atom stereocenters. The standard InChI is InChI=1S/C21H28O4/c1-12-9-13(2)20(3)7-5-15-19(23)25-16(14-6-8-24-11-14)10-21(15,4)18(20)17(12)22/h6,8,11-13,15-16,18H,5,7,9-10H2,1-4H3/t12-,13+,15-,16-,18?,20-,21-/m0/s1. The Kier molecular flexibility index (Phi) is 3.68. The second kappa shape index (κ2) is 5.46. The molecule has 0 radical (unpaired) electrons. The van der Waals surface area contributed by atoms with Crippen molar-refractivity contribution in [2.45, 2.75) is 59.5 Å². The minimum Gasteiger partial charge on any atom is -0.472 e. The zero-order chi connectivity index (χ0) is 18.0. The summed E-state index contributed by atoms with van der Waals surface area (Å²) in [6, 6.07) is 1.86. The number of carbonyl (C=O) groups is 2. The molecule has 0 bridgehead atoms. The number of carbonyl (C=O) groups excluding carboxylic acids is 2. The van der Waals surface area contributed by atoms with Crippen LogP contribution in [0, 0.1) is 34.5 Å². The first-order chi connectivity index (χ1) is 11.8. The van der Waals surface area contributed by atoms with Crippen LogP contribution in [0.2, 0.25) is 0 Å². The van der Waals surface area contributed by atoms with Gasteiger partial charge in [-0.1, -0.05) is 27.7 Å². The van der Waals surface area contributed by atoms with Crippen LogP contribution in [0.3, 0.4) is 0 Å². The van der Waals surface area contributed by atoms with Crippen molar-refractivity contribution in [2.75, 3.05) is 0 Å². The van der Waals surface area contributed by atoms with E-state index < -0.39 is 0 Å². The van der Waals surface area contributed by atoms with Gasteiger partial charge in [0.2, 0.25) is 0 Å². The summed E-state index contributed by atoms with van der Waals surface area (Å²) in [5, 5.41) is 0. The predicted octanol–water partition coefficient (Wildman–Crippen LogP) is 4.55. The number of esters is 1. The zero-order valence-electron chi connectivity index (χ0n) is 15.6. The molecule has 4 nitrogen and oxygen atoms in total. The summed E-state index contributed by atoms with van der Waals surface area (Å²) < 4.78 is 11.0. The normalized spacial score (nSPS) is 47.0. The van der Waals surface area contributed by atoms with Crippen LogP contribution in [0.5, 0.6) is 0 Å². The Bertz CT molecular complexity index is 693. The van der Waals surface area contributed by atoms with Crippen molar-refractivity contribution in [1.82, 2.24) is 0 Å². The molecule has 0 N–H and O–H groups in total. The molecule has 1 saturated heterocycles. The van der Waals surface area contributed by atoms with E-state index in [-0.39, 0.29) is 40.7 Å². The first-order valence-corrected chi connectivity index (χ1v) is 9.53. The Balaban J connectivity index is 1.78. The average Bonchev–Trinajstić information content (AvgIpc) is 3.06. The number of ether oxygens (including phenoxy) is 1. The summed E-state index contributed by atoms with van der Waals surface area (Å²) in [6.45, 7) is 8.78. The van der Waals surface area contributed by atoms with E-state index in [9.17, 15) is 9.59 Å². The van der Waals surface area contributed by atoms with Crippen molar-refractivity contribution >= 4 is 11.8 Å². The molecule has 3 aliphatic rings. The minimum atomic E-state index is -0.343. The molecule has 136 valence electrons. The van der Waals surface area contributed by atoms with E-state index >= 15 is 0 Å². The molecular weight excluding hydrogens is 316 g/mol. The predicted molar refractivity (Wildman–Crippen MR) is 92.5 cm³/mol. The molecule has 1 aromatic heterocycles. The fraction of sp³-hybridized carbons (Fsp3) is 0.714. The third-order valence-electron chi connectivity index (χ3n) is 7.77. The van der Waals surface area contributed by atoms with Gasteiger partial charge >= 0.3 is 5.97 Å². The molecule has 25 heavy (non-hydrogen) atoms. The summed E-state index contributed by atoms with van der Waals surface area (Å²) in [6.07, 6.45) is 6.37. The van der Waals surface area contributed by atoms with Crippen molar-refractivity contribution in [3.8, 4) is 0 Å². The Labute approximate surface area is 149 Å². The van der Waals surface area contributed by atoms with Crippen molar-refractivity contribution in [1.29, 1.82) is 0 Å². The van der Waals surface area contributed by atoms with Gasteiger partial charge in [0.25, 0.3) is 0 Å². The lowest BCUT2D eigenvalue weighted by Gasteiger charge is -2.61. The molecule has 7 atom stereocenters. The molecule has 4 rings (SSSR count). The lowest BCUT2D eigenvalue weighted by molar-refractivity contribution is -0.201. The second-order valence-corrected chi connectivity index (χ2v) is 9.16. The SMILES string of the molecule is C[C@@H]1C[C@H](C)C(=O)C2[C@@]1(C)CC[C@H]1C(=O)O[C@H](c3ccoc3)C[C@]21C. The van der Waals surface area contributed by atoms with E-state index in [1.54, 1.807) is 12.5 Å². The summed E-state index contributed by atoms with van der Waals surface area (Å²) in [5.41, 5.74) is 0.530. The number of cyclic esters (lactones) is 1. The topological polar surface area (TPSA) is 56.5 Å². The maximum absolute atomic E-state index is 13.3. The van der Waals surface area contributed by atoms with E-state index in [1.165, 1.54) is 0 Å². The zero-order valence-corrected chi connectivity index (χ0v) is 15.6. The van der Waals surface area contributed by atoms with E-state index in [2.05, 4.69) is 27.7 Å². The Morgan fingerprint density at radius 3 is 2.60 bits per heavy atom. The van der Waals surface area contributed by atoms with Crippen LogP contribution in [0.15, 0.2) is 23.0 Å². The van der Waals surface area contributed by atoms with Crippen molar-refractivity contribution in [3.63, 3.8) is 0 Å². The van der Waals surface area contributed by atoms with Crippen LogP contribution in [0.25, 0.3) is 0 Å². The fourth-order valence-electron chi connectivity index (χ4n) is 6.22. The van der Waals surface area contributed by atoms with E-state index in [4.69, 9.17) is 9.15 Å². The molecule has 1 aliphatic heterocycles. The molecule has 2 heterocycles. The molecule has 3 fully saturated rings. The van der Waals surface area contributed by atoms with Crippen LogP contribution in [0.1, 0.15) is 65.0 Å². The monoisotopic (exact) mass is 344 g/mol. The summed E-state index contributed by atoms with van der Waals surface area (Å²) in [5.74, 6) is 0.548. The summed E-state index contributed by atoms with van der Waals surface area (Å²) in [7, 11) is 0. The number of rotatable bonds is 1. The fourth-order valence-corrected chi connectivity index (χ4v) is 6.22. The highest BCUT2D eigenvalue weighted by molar-refractivity contribution is 5.87. The number of hydrogen-bond acceptors (Lipinski definition) is 4. The van der Waals surface area contributed by atoms with E-state index in [0.717, 1.165) is 24.8 Å². The van der Waals surface area contributed by atoms with Gasteiger partial charge in [-0.2, -0.15) is 0 Å². The van der Waals surface area contributed by atoms with Crippen LogP contribution >= 0.6 is 0 Å². The van der Waals surface area contributed by atoms with Crippen LogP contribution in [-0.2, 0) is 14.3 Å². The highest BCUT2D eigenvalue weighted by atomic mass is 16.5. The van der Waals surface area contributed by atoms with Gasteiger partial charge in [0.05, 0.1) is 18.4 Å². The maximum Gasteiger partial charge on any atom is 0.310 e. The lowest BCUT2D eigenvalue weighted by atomic mass is 9.42. The quantitative estimate of drug-likeness (QED) is 0.701. The molecule has 4 heteroatoms. The van der Waals surface area contributed by atoms with Gasteiger partial charge in [-0.05, 0) is 48.5 Å². The Morgan fingerprint density at radius 2 is 1.92 bits per heavy atom. The third kappa shape index (κ3) is 2.25. The number of Topliss-reactive ketones (excluding diaryl/α,β-unsaturated/α-hetero) is 1. The van der Waals surface area contributed by atoms with Gasteiger partial charge in [-0.25, -0.2) is 0 Å². The van der Waals surface area contributed by atoms with Gasteiger partial charge in [-0.15, -0.1) is 0 Å². The molecule has 2 saturated carbocycles. The summed E-state index contributed by atoms with van der Waals surface area (Å²) >= 11 is 0. The van der Waals surface area contributed by atoms with Crippen molar-refractivity contribution in [2.24, 2.45) is 34.5 Å². The van der Waals surface area contributed by atoms with Gasteiger partial charge in [0, 0.05) is 17.4 Å². The first kappa shape index (κ1) is 16.9. The average molecular weight is 344 g/mol. The molecule has 1 aromatic rings. The third-order valence-corrected chi connectivity index (χ3v) is 7.77. The largest absolute Gasteiger partial charge is 0.472 e.